The maximum atomic E-state index is 13.4. The van der Waals surface area contributed by atoms with E-state index in [1.807, 2.05) is 0 Å². The molecule has 0 saturated heterocycles. The van der Waals surface area contributed by atoms with Crippen LogP contribution in [0.3, 0.4) is 0 Å². The summed E-state index contributed by atoms with van der Waals surface area (Å²) in [7, 11) is -0.851. The monoisotopic (exact) mass is 187 g/mol. The maximum absolute atomic E-state index is 13.4. The number of hydrogen-bond acceptors (Lipinski definition) is 1. The zero-order chi connectivity index (χ0) is 9.19. The molecule has 1 rings (SSSR count). The third-order valence-electron chi connectivity index (χ3n) is 1.59. The van der Waals surface area contributed by atoms with Crippen molar-refractivity contribution >= 4 is 12.9 Å². The maximum Gasteiger partial charge on any atom is 0.339 e. The summed E-state index contributed by atoms with van der Waals surface area (Å²) < 4.78 is 25.9. The van der Waals surface area contributed by atoms with Crippen LogP contribution in [0.2, 0.25) is 0 Å². The summed E-state index contributed by atoms with van der Waals surface area (Å²) in [4.78, 5) is 0. The molecule has 0 bridgehead atoms. The van der Waals surface area contributed by atoms with Gasteiger partial charge >= 0.3 is 7.60 Å². The molecule has 0 saturated carbocycles. The van der Waals surface area contributed by atoms with Gasteiger partial charge in [0.1, 0.15) is 0 Å². The molecular weight excluding hydrogens is 176 g/mol. The van der Waals surface area contributed by atoms with Crippen molar-refractivity contribution in [3.8, 4) is 0 Å². The van der Waals surface area contributed by atoms with Gasteiger partial charge in [-0.1, -0.05) is 18.2 Å². The summed E-state index contributed by atoms with van der Waals surface area (Å²) in [5, 5.41) is 0.245. The van der Waals surface area contributed by atoms with Gasteiger partial charge < -0.3 is 0 Å². The molecule has 0 aliphatic carbocycles. The molecule has 0 fully saturated rings. The smallest absolute Gasteiger partial charge is 0.264 e. The predicted molar refractivity (Wildman–Crippen MR) is 48.5 cm³/mol. The lowest BCUT2D eigenvalue weighted by molar-refractivity contribution is 0.481. The van der Waals surface area contributed by atoms with Crippen LogP contribution in [0.4, 0.5) is 4.20 Å². The first-order valence-electron chi connectivity index (χ1n) is 3.58. The van der Waals surface area contributed by atoms with E-state index in [0.717, 1.165) is 4.67 Å². The third kappa shape index (κ3) is 1.74. The number of benzene rings is 1. The van der Waals surface area contributed by atoms with Crippen LogP contribution in [0.25, 0.3) is 0 Å². The van der Waals surface area contributed by atoms with E-state index in [4.69, 9.17) is 0 Å². The molecule has 0 heterocycles. The average molecular weight is 187 g/mol. The van der Waals surface area contributed by atoms with E-state index in [-0.39, 0.29) is 5.30 Å². The van der Waals surface area contributed by atoms with Crippen molar-refractivity contribution in [2.45, 2.75) is 0 Å². The summed E-state index contributed by atoms with van der Waals surface area (Å²) in [6, 6.07) is 8.16. The van der Waals surface area contributed by atoms with Crippen LogP contribution in [0.15, 0.2) is 30.3 Å². The molecule has 2 nitrogen and oxygen atoms in total. The van der Waals surface area contributed by atoms with E-state index < -0.39 is 7.60 Å². The van der Waals surface area contributed by atoms with Crippen LogP contribution < -0.4 is 5.30 Å². The zero-order valence-electron chi connectivity index (χ0n) is 7.07. The van der Waals surface area contributed by atoms with Crippen molar-refractivity contribution in [1.82, 2.24) is 4.67 Å². The number of rotatable bonds is 2. The third-order valence-corrected chi connectivity index (χ3v) is 3.55. The van der Waals surface area contributed by atoms with Gasteiger partial charge in [-0.05, 0) is 26.2 Å². The summed E-state index contributed by atoms with van der Waals surface area (Å²) >= 11 is 0. The highest BCUT2D eigenvalue weighted by Gasteiger charge is 2.25. The highest BCUT2D eigenvalue weighted by molar-refractivity contribution is 7.64. The second kappa shape index (κ2) is 3.38. The molecule has 0 aliphatic rings. The van der Waals surface area contributed by atoms with Crippen molar-refractivity contribution in [3.05, 3.63) is 30.3 Å². The van der Waals surface area contributed by atoms with Gasteiger partial charge in [-0.2, -0.15) is 4.20 Å². The first-order valence-corrected chi connectivity index (χ1v) is 5.13. The fraction of sp³-hybridized carbons (Fsp3) is 0.250. The Balaban J connectivity index is 3.07. The molecule has 12 heavy (non-hydrogen) atoms. The Labute approximate surface area is 71.6 Å². The van der Waals surface area contributed by atoms with Crippen LogP contribution in [0.5, 0.6) is 0 Å². The van der Waals surface area contributed by atoms with Gasteiger partial charge in [0.05, 0.1) is 5.30 Å². The van der Waals surface area contributed by atoms with Crippen LogP contribution in [0.1, 0.15) is 0 Å². The Morgan fingerprint density at radius 2 is 1.75 bits per heavy atom. The van der Waals surface area contributed by atoms with Gasteiger partial charge in [0.15, 0.2) is 0 Å². The second-order valence-electron chi connectivity index (χ2n) is 2.68. The second-order valence-corrected chi connectivity index (χ2v) is 5.01. The van der Waals surface area contributed by atoms with Crippen LogP contribution in [-0.2, 0) is 4.57 Å². The summed E-state index contributed by atoms with van der Waals surface area (Å²) in [6.07, 6.45) is 0. The lowest BCUT2D eigenvalue weighted by Crippen LogP contribution is -2.14. The number of nitrogens with zero attached hydrogens (tertiary/aromatic N) is 1. The zero-order valence-corrected chi connectivity index (χ0v) is 7.96. The van der Waals surface area contributed by atoms with Gasteiger partial charge in [0.2, 0.25) is 0 Å². The van der Waals surface area contributed by atoms with Crippen molar-refractivity contribution in [2.75, 3.05) is 14.1 Å². The molecule has 0 radical (unpaired) electrons. The Hall–Kier alpha value is -0.660. The van der Waals surface area contributed by atoms with Crippen LogP contribution >= 0.6 is 7.60 Å². The van der Waals surface area contributed by atoms with Crippen LogP contribution in [0, 0.1) is 0 Å². The summed E-state index contributed by atoms with van der Waals surface area (Å²) in [5.74, 6) is 0. The number of halogens is 1. The van der Waals surface area contributed by atoms with E-state index in [9.17, 15) is 8.76 Å². The minimum absolute atomic E-state index is 0.245. The molecular formula is C8H11FNOP. The fourth-order valence-electron chi connectivity index (χ4n) is 0.843. The van der Waals surface area contributed by atoms with Crippen molar-refractivity contribution in [1.29, 1.82) is 0 Å². The molecule has 0 aromatic heterocycles. The van der Waals surface area contributed by atoms with E-state index >= 15 is 0 Å². The minimum atomic E-state index is -3.78. The van der Waals surface area contributed by atoms with E-state index in [1.54, 1.807) is 18.2 Å². The van der Waals surface area contributed by atoms with E-state index in [1.165, 1.54) is 26.2 Å². The van der Waals surface area contributed by atoms with E-state index in [2.05, 4.69) is 0 Å². The lowest BCUT2D eigenvalue weighted by Gasteiger charge is -2.15. The van der Waals surface area contributed by atoms with Crippen molar-refractivity contribution < 1.29 is 8.76 Å². The molecule has 0 spiro atoms. The Morgan fingerprint density at radius 3 is 2.17 bits per heavy atom. The molecule has 1 aromatic rings. The fourth-order valence-corrected chi connectivity index (χ4v) is 1.84. The number of hydrogen-bond donors (Lipinski definition) is 0. The molecule has 1 aromatic carbocycles. The highest BCUT2D eigenvalue weighted by atomic mass is 31.2. The van der Waals surface area contributed by atoms with Gasteiger partial charge in [0.25, 0.3) is 0 Å². The Bertz CT molecular complexity index is 299. The summed E-state index contributed by atoms with van der Waals surface area (Å²) in [6.45, 7) is 0. The standard InChI is InChI=1S/C8H11FNOP/c1-10(2)12(9,11)8-6-4-3-5-7-8/h3-7H,1-2H3. The van der Waals surface area contributed by atoms with Gasteiger partial charge in [-0.3, -0.25) is 4.57 Å². The van der Waals surface area contributed by atoms with Crippen LogP contribution in [-0.4, -0.2) is 18.8 Å². The normalized spacial score (nSPS) is 16.0. The first kappa shape index (κ1) is 9.43. The highest BCUT2D eigenvalue weighted by Crippen LogP contribution is 2.47. The lowest BCUT2D eigenvalue weighted by atomic mass is 10.4. The van der Waals surface area contributed by atoms with Crippen molar-refractivity contribution in [3.63, 3.8) is 0 Å². The minimum Gasteiger partial charge on any atom is -0.264 e. The molecule has 0 amide bonds. The summed E-state index contributed by atoms with van der Waals surface area (Å²) in [5.41, 5.74) is 0. The van der Waals surface area contributed by atoms with Gasteiger partial charge in [-0.15, -0.1) is 0 Å². The van der Waals surface area contributed by atoms with Crippen molar-refractivity contribution in [2.24, 2.45) is 0 Å². The van der Waals surface area contributed by atoms with Gasteiger partial charge in [0, 0.05) is 0 Å². The molecule has 1 unspecified atom stereocenters. The Morgan fingerprint density at radius 1 is 1.25 bits per heavy atom. The molecule has 0 N–H and O–H groups in total. The molecule has 1 atom stereocenters. The molecule has 0 aliphatic heterocycles. The largest absolute Gasteiger partial charge is 0.339 e. The molecule has 66 valence electrons. The quantitative estimate of drug-likeness (QED) is 0.660. The van der Waals surface area contributed by atoms with Gasteiger partial charge in [-0.25, -0.2) is 4.67 Å². The van der Waals surface area contributed by atoms with E-state index in [0.29, 0.717) is 0 Å². The molecule has 4 heteroatoms. The first-order chi connectivity index (χ1) is 5.55. The Kier molecular flexibility index (Phi) is 2.65. The predicted octanol–water partition coefficient (Wildman–Crippen LogP) is 2.04. The SMILES string of the molecule is CN(C)P(=O)(F)c1ccccc1. The average Bonchev–Trinajstić information content (AvgIpc) is 2.06. The topological polar surface area (TPSA) is 20.3 Å².